The van der Waals surface area contributed by atoms with Gasteiger partial charge in [-0.15, -0.1) is 0 Å². The highest BCUT2D eigenvalue weighted by Crippen LogP contribution is 2.29. The van der Waals surface area contributed by atoms with E-state index < -0.39 is 0 Å². The number of hydrogen-bond acceptors (Lipinski definition) is 3. The van der Waals surface area contributed by atoms with E-state index in [9.17, 15) is 4.79 Å². The smallest absolute Gasteiger partial charge is 0.184 e. The normalized spacial score (nSPS) is 37.2. The molecule has 3 fully saturated rings. The molecule has 0 amide bonds. The molecule has 2 atom stereocenters. The van der Waals surface area contributed by atoms with Crippen LogP contribution < -0.4 is 0 Å². The molecular weight excluding hydrogens is 228 g/mol. The van der Waals surface area contributed by atoms with Gasteiger partial charge in [0.2, 0.25) is 0 Å². The first kappa shape index (κ1) is 12.1. The monoisotopic (exact) mass is 248 g/mol. The maximum Gasteiger partial charge on any atom is 0.184 e. The SMILES string of the molecule is O=C1/C(=C/[C@@H]2CCCO2)CC/C1=C\[C@@H]1CCCO1. The summed E-state index contributed by atoms with van der Waals surface area (Å²) in [5, 5.41) is 0. The molecule has 0 aromatic heterocycles. The van der Waals surface area contributed by atoms with Gasteiger partial charge in [0.1, 0.15) is 0 Å². The zero-order valence-electron chi connectivity index (χ0n) is 10.7. The summed E-state index contributed by atoms with van der Waals surface area (Å²) < 4.78 is 11.1. The van der Waals surface area contributed by atoms with Crippen LogP contribution in [0.15, 0.2) is 23.3 Å². The average Bonchev–Trinajstić information content (AvgIpc) is 3.08. The Morgan fingerprint density at radius 3 is 1.78 bits per heavy atom. The van der Waals surface area contributed by atoms with Crippen molar-refractivity contribution in [2.75, 3.05) is 13.2 Å². The van der Waals surface area contributed by atoms with Crippen LogP contribution in [-0.4, -0.2) is 31.2 Å². The third kappa shape index (κ3) is 2.57. The number of Topliss-reactive ketones (excluding diaryl/α,β-unsaturated/α-hetero) is 1. The van der Waals surface area contributed by atoms with Gasteiger partial charge in [-0.25, -0.2) is 0 Å². The predicted molar refractivity (Wildman–Crippen MR) is 68.4 cm³/mol. The van der Waals surface area contributed by atoms with Crippen LogP contribution in [-0.2, 0) is 14.3 Å². The first-order valence-electron chi connectivity index (χ1n) is 7.02. The van der Waals surface area contributed by atoms with Crippen molar-refractivity contribution in [1.29, 1.82) is 0 Å². The number of ether oxygens (including phenoxy) is 2. The fraction of sp³-hybridized carbons (Fsp3) is 0.667. The third-order valence-electron chi connectivity index (χ3n) is 3.95. The Kier molecular flexibility index (Phi) is 3.62. The predicted octanol–water partition coefficient (Wildman–Crippen LogP) is 2.56. The minimum absolute atomic E-state index is 0.172. The Hall–Kier alpha value is -0.930. The maximum absolute atomic E-state index is 12.2. The van der Waals surface area contributed by atoms with Crippen LogP contribution in [0, 0.1) is 0 Å². The summed E-state index contributed by atoms with van der Waals surface area (Å²) in [5.41, 5.74) is 1.90. The minimum atomic E-state index is 0.172. The Morgan fingerprint density at radius 2 is 1.39 bits per heavy atom. The highest BCUT2D eigenvalue weighted by atomic mass is 16.5. The van der Waals surface area contributed by atoms with Gasteiger partial charge in [-0.2, -0.15) is 0 Å². The summed E-state index contributed by atoms with van der Waals surface area (Å²) in [6, 6.07) is 0. The van der Waals surface area contributed by atoms with Gasteiger partial charge >= 0.3 is 0 Å². The number of allylic oxidation sites excluding steroid dienone is 2. The number of carbonyl (C=O) groups excluding carboxylic acids is 1. The summed E-state index contributed by atoms with van der Waals surface area (Å²) in [6.45, 7) is 1.67. The lowest BCUT2D eigenvalue weighted by Crippen LogP contribution is -2.07. The largest absolute Gasteiger partial charge is 0.374 e. The van der Waals surface area contributed by atoms with Crippen molar-refractivity contribution in [1.82, 2.24) is 0 Å². The molecule has 1 saturated carbocycles. The number of rotatable bonds is 2. The molecule has 18 heavy (non-hydrogen) atoms. The molecular formula is C15H20O3. The van der Waals surface area contributed by atoms with E-state index in [1.54, 1.807) is 0 Å². The summed E-state index contributed by atoms with van der Waals surface area (Å²) in [7, 11) is 0. The molecule has 0 bridgehead atoms. The van der Waals surface area contributed by atoms with E-state index in [1.807, 2.05) is 12.2 Å². The van der Waals surface area contributed by atoms with Crippen molar-refractivity contribution in [3.05, 3.63) is 23.3 Å². The lowest BCUT2D eigenvalue weighted by atomic mass is 10.1. The van der Waals surface area contributed by atoms with Crippen LogP contribution in [0.3, 0.4) is 0 Å². The highest BCUT2D eigenvalue weighted by molar-refractivity contribution is 6.10. The van der Waals surface area contributed by atoms with Crippen LogP contribution >= 0.6 is 0 Å². The molecule has 2 aliphatic heterocycles. The van der Waals surface area contributed by atoms with Crippen LogP contribution in [0.5, 0.6) is 0 Å². The van der Waals surface area contributed by atoms with Gasteiger partial charge < -0.3 is 9.47 Å². The molecule has 0 aromatic carbocycles. The molecule has 3 nitrogen and oxygen atoms in total. The molecule has 0 unspecified atom stereocenters. The molecule has 0 aromatic rings. The quantitative estimate of drug-likeness (QED) is 0.704. The highest BCUT2D eigenvalue weighted by Gasteiger charge is 2.26. The standard InChI is InChI=1S/C15H20O3/c16-15-11(9-13-3-1-7-17-13)5-6-12(15)10-14-4-2-8-18-14/h9-10,13-14H,1-8H2/b11-9+,12-10+/t13-,14-/m0/s1. The van der Waals surface area contributed by atoms with Crippen molar-refractivity contribution in [2.24, 2.45) is 0 Å². The second-order valence-corrected chi connectivity index (χ2v) is 5.32. The summed E-state index contributed by atoms with van der Waals surface area (Å²) >= 11 is 0. The lowest BCUT2D eigenvalue weighted by molar-refractivity contribution is -0.111. The zero-order chi connectivity index (χ0) is 12.4. The summed E-state index contributed by atoms with van der Waals surface area (Å²) in [6.07, 6.45) is 10.5. The zero-order valence-corrected chi connectivity index (χ0v) is 10.7. The third-order valence-corrected chi connectivity index (χ3v) is 3.95. The molecule has 3 rings (SSSR count). The van der Waals surface area contributed by atoms with Crippen molar-refractivity contribution in [3.63, 3.8) is 0 Å². The first-order chi connectivity index (χ1) is 8.83. The van der Waals surface area contributed by atoms with E-state index in [2.05, 4.69) is 0 Å². The van der Waals surface area contributed by atoms with Gasteiger partial charge in [-0.05, 0) is 61.8 Å². The average molecular weight is 248 g/mol. The fourth-order valence-electron chi connectivity index (χ4n) is 2.94. The second-order valence-electron chi connectivity index (χ2n) is 5.32. The molecule has 3 aliphatic rings. The summed E-state index contributed by atoms with van der Waals surface area (Å²) in [5.74, 6) is 0.223. The Bertz CT molecular complexity index is 347. The van der Waals surface area contributed by atoms with Gasteiger partial charge in [0, 0.05) is 13.2 Å². The van der Waals surface area contributed by atoms with Crippen LogP contribution in [0.4, 0.5) is 0 Å². The van der Waals surface area contributed by atoms with Crippen LogP contribution in [0.25, 0.3) is 0 Å². The maximum atomic E-state index is 12.2. The van der Waals surface area contributed by atoms with Crippen molar-refractivity contribution >= 4 is 5.78 Å². The molecule has 1 aliphatic carbocycles. The van der Waals surface area contributed by atoms with Crippen molar-refractivity contribution in [3.8, 4) is 0 Å². The first-order valence-corrected chi connectivity index (χ1v) is 7.02. The molecule has 3 heteroatoms. The Labute approximate surface area is 108 Å². The van der Waals surface area contributed by atoms with Crippen molar-refractivity contribution < 1.29 is 14.3 Å². The van der Waals surface area contributed by atoms with Crippen molar-refractivity contribution in [2.45, 2.75) is 50.7 Å². The van der Waals surface area contributed by atoms with E-state index in [0.717, 1.165) is 62.9 Å². The lowest BCUT2D eigenvalue weighted by Gasteiger charge is -2.05. The van der Waals surface area contributed by atoms with E-state index in [1.165, 1.54) is 0 Å². The molecule has 98 valence electrons. The van der Waals surface area contributed by atoms with E-state index in [-0.39, 0.29) is 18.0 Å². The molecule has 0 radical (unpaired) electrons. The Morgan fingerprint density at radius 1 is 0.889 bits per heavy atom. The van der Waals surface area contributed by atoms with Crippen LogP contribution in [0.2, 0.25) is 0 Å². The van der Waals surface area contributed by atoms with Gasteiger partial charge in [0.05, 0.1) is 12.2 Å². The molecule has 2 heterocycles. The topological polar surface area (TPSA) is 35.5 Å². The Balaban J connectivity index is 1.67. The number of hydrogen-bond donors (Lipinski definition) is 0. The molecule has 0 spiro atoms. The van der Waals surface area contributed by atoms with E-state index in [4.69, 9.17) is 9.47 Å². The van der Waals surface area contributed by atoms with Crippen LogP contribution in [0.1, 0.15) is 38.5 Å². The van der Waals surface area contributed by atoms with Gasteiger partial charge in [0.15, 0.2) is 5.78 Å². The van der Waals surface area contributed by atoms with Gasteiger partial charge in [0.25, 0.3) is 0 Å². The fourth-order valence-corrected chi connectivity index (χ4v) is 2.94. The van der Waals surface area contributed by atoms with E-state index >= 15 is 0 Å². The second kappa shape index (κ2) is 5.37. The minimum Gasteiger partial charge on any atom is -0.374 e. The summed E-state index contributed by atoms with van der Waals surface area (Å²) in [4.78, 5) is 12.2. The van der Waals surface area contributed by atoms with Gasteiger partial charge in [-0.3, -0.25) is 4.79 Å². The molecule has 0 N–H and O–H groups in total. The van der Waals surface area contributed by atoms with E-state index in [0.29, 0.717) is 0 Å². The van der Waals surface area contributed by atoms with Gasteiger partial charge in [-0.1, -0.05) is 0 Å². The number of ketones is 1. The molecule has 2 saturated heterocycles. The number of carbonyl (C=O) groups is 1.